The van der Waals surface area contributed by atoms with Crippen LogP contribution in [0.25, 0.3) is 0 Å². The van der Waals surface area contributed by atoms with Crippen molar-refractivity contribution in [1.82, 2.24) is 4.98 Å². The predicted molar refractivity (Wildman–Crippen MR) is 72.0 cm³/mol. The molecule has 0 radical (unpaired) electrons. The molecule has 0 aliphatic carbocycles. The van der Waals surface area contributed by atoms with Crippen LogP contribution in [0.5, 0.6) is 0 Å². The zero-order valence-corrected chi connectivity index (χ0v) is 10.4. The van der Waals surface area contributed by atoms with Crippen molar-refractivity contribution >= 4 is 0 Å². The van der Waals surface area contributed by atoms with E-state index < -0.39 is 0 Å². The lowest BCUT2D eigenvalue weighted by atomic mass is 9.96. The normalized spacial score (nSPS) is 12.1. The van der Waals surface area contributed by atoms with Crippen LogP contribution in [0.3, 0.4) is 0 Å². The highest BCUT2D eigenvalue weighted by molar-refractivity contribution is 5.26. The minimum absolute atomic E-state index is 0.157. The van der Waals surface area contributed by atoms with E-state index in [9.17, 15) is 0 Å². The quantitative estimate of drug-likeness (QED) is 0.638. The molecule has 0 aromatic carbocycles. The van der Waals surface area contributed by atoms with Crippen molar-refractivity contribution in [2.75, 3.05) is 6.54 Å². The summed E-state index contributed by atoms with van der Waals surface area (Å²) in [6.07, 6.45) is 7.77. The van der Waals surface area contributed by atoms with E-state index in [0.717, 1.165) is 12.2 Å². The smallest absolute Gasteiger partial charge is 0.169 e. The number of hydrogen-bond acceptors (Lipinski definition) is 2. The average molecular weight is 240 g/mol. The molecule has 18 heavy (non-hydrogen) atoms. The summed E-state index contributed by atoms with van der Waals surface area (Å²) >= 11 is 0. The highest BCUT2D eigenvalue weighted by atomic mass is 14.9. The van der Waals surface area contributed by atoms with E-state index in [-0.39, 0.29) is 5.92 Å². The number of rotatable bonds is 5. The number of nitrogens with zero attached hydrogens (tertiary/aromatic N) is 2. The number of hydrogen-bond donors (Lipinski definition) is 1. The van der Waals surface area contributed by atoms with Crippen LogP contribution < -0.4 is 10.3 Å². The molecular formula is C15H18N3+. The maximum absolute atomic E-state index is 5.87. The van der Waals surface area contributed by atoms with Gasteiger partial charge in [0.1, 0.15) is 0 Å². The molecule has 1 atom stereocenters. The predicted octanol–water partition coefficient (Wildman–Crippen LogP) is 1.65. The average Bonchev–Trinajstić information content (AvgIpc) is 2.43. The SMILES string of the molecule is C=CC[n+]1ccc(C(CN)c2ccccn2)cc1. The van der Waals surface area contributed by atoms with Crippen molar-refractivity contribution in [1.29, 1.82) is 0 Å². The Morgan fingerprint density at radius 1 is 1.28 bits per heavy atom. The Hall–Kier alpha value is -2.00. The van der Waals surface area contributed by atoms with Gasteiger partial charge in [-0.25, -0.2) is 4.57 Å². The second-order valence-electron chi connectivity index (χ2n) is 4.16. The number of pyridine rings is 2. The monoisotopic (exact) mass is 240 g/mol. The zero-order valence-electron chi connectivity index (χ0n) is 10.4. The number of allylic oxidation sites excluding steroid dienone is 1. The van der Waals surface area contributed by atoms with Gasteiger partial charge in [0.15, 0.2) is 18.9 Å². The first kappa shape index (κ1) is 12.5. The minimum atomic E-state index is 0.157. The van der Waals surface area contributed by atoms with Gasteiger partial charge in [-0.3, -0.25) is 4.98 Å². The molecule has 0 aliphatic heterocycles. The van der Waals surface area contributed by atoms with E-state index >= 15 is 0 Å². The summed E-state index contributed by atoms with van der Waals surface area (Å²) in [6, 6.07) is 10.1. The molecule has 92 valence electrons. The van der Waals surface area contributed by atoms with E-state index in [1.807, 2.05) is 36.7 Å². The molecule has 0 fully saturated rings. The second kappa shape index (κ2) is 6.07. The fourth-order valence-electron chi connectivity index (χ4n) is 1.98. The van der Waals surface area contributed by atoms with Crippen LogP contribution >= 0.6 is 0 Å². The molecule has 2 rings (SSSR count). The lowest BCUT2D eigenvalue weighted by Gasteiger charge is -2.13. The number of nitrogens with two attached hydrogens (primary N) is 1. The molecule has 0 amide bonds. The van der Waals surface area contributed by atoms with Crippen LogP contribution in [0, 0.1) is 0 Å². The van der Waals surface area contributed by atoms with Gasteiger partial charge in [0, 0.05) is 36.5 Å². The summed E-state index contributed by atoms with van der Waals surface area (Å²) in [6.45, 7) is 5.10. The summed E-state index contributed by atoms with van der Waals surface area (Å²) in [7, 11) is 0. The lowest BCUT2D eigenvalue weighted by molar-refractivity contribution is -0.687. The maximum atomic E-state index is 5.87. The fraction of sp³-hybridized carbons (Fsp3) is 0.200. The van der Waals surface area contributed by atoms with Gasteiger partial charge in [-0.05, 0) is 23.8 Å². The summed E-state index contributed by atoms with van der Waals surface area (Å²) in [5.74, 6) is 0.157. The molecule has 0 spiro atoms. The van der Waals surface area contributed by atoms with Gasteiger partial charge in [0.2, 0.25) is 0 Å². The largest absolute Gasteiger partial charge is 0.329 e. The van der Waals surface area contributed by atoms with Crippen molar-refractivity contribution in [3.63, 3.8) is 0 Å². The Labute approximate surface area is 108 Å². The first-order valence-electron chi connectivity index (χ1n) is 6.06. The molecule has 2 aromatic rings. The third-order valence-electron chi connectivity index (χ3n) is 2.94. The summed E-state index contributed by atoms with van der Waals surface area (Å²) in [4.78, 5) is 4.38. The highest BCUT2D eigenvalue weighted by Crippen LogP contribution is 2.20. The summed E-state index contributed by atoms with van der Waals surface area (Å²) < 4.78 is 2.07. The molecule has 3 nitrogen and oxygen atoms in total. The van der Waals surface area contributed by atoms with Gasteiger partial charge in [-0.2, -0.15) is 0 Å². The molecule has 3 heteroatoms. The van der Waals surface area contributed by atoms with Crippen LogP contribution in [0.15, 0.2) is 61.6 Å². The fourth-order valence-corrected chi connectivity index (χ4v) is 1.98. The molecule has 0 aliphatic rings. The van der Waals surface area contributed by atoms with Crippen molar-refractivity contribution in [3.8, 4) is 0 Å². The lowest BCUT2D eigenvalue weighted by Crippen LogP contribution is -2.31. The molecular weight excluding hydrogens is 222 g/mol. The Morgan fingerprint density at radius 3 is 2.61 bits per heavy atom. The van der Waals surface area contributed by atoms with Crippen molar-refractivity contribution < 1.29 is 4.57 Å². The van der Waals surface area contributed by atoms with Gasteiger partial charge in [0.25, 0.3) is 0 Å². The molecule has 0 bridgehead atoms. The van der Waals surface area contributed by atoms with Gasteiger partial charge in [0.05, 0.1) is 0 Å². The van der Waals surface area contributed by atoms with Gasteiger partial charge >= 0.3 is 0 Å². The Morgan fingerprint density at radius 2 is 2.06 bits per heavy atom. The summed E-state index contributed by atoms with van der Waals surface area (Å²) in [5, 5.41) is 0. The van der Waals surface area contributed by atoms with Gasteiger partial charge in [-0.1, -0.05) is 12.6 Å². The standard InChI is InChI=1S/C15H18N3/c1-2-9-18-10-6-13(7-11-18)14(12-16)15-5-3-4-8-17-15/h2-8,10-11,14H,1,9,12,16H2/q+1. The Balaban J connectivity index is 2.25. The topological polar surface area (TPSA) is 42.8 Å². The van der Waals surface area contributed by atoms with Crippen molar-refractivity contribution in [2.45, 2.75) is 12.5 Å². The highest BCUT2D eigenvalue weighted by Gasteiger charge is 2.14. The van der Waals surface area contributed by atoms with E-state index in [0.29, 0.717) is 6.54 Å². The third-order valence-corrected chi connectivity index (χ3v) is 2.94. The van der Waals surface area contributed by atoms with Crippen LogP contribution in [0.1, 0.15) is 17.2 Å². The minimum Gasteiger partial charge on any atom is -0.329 e. The van der Waals surface area contributed by atoms with Crippen LogP contribution in [-0.2, 0) is 6.54 Å². The van der Waals surface area contributed by atoms with Crippen molar-refractivity contribution in [2.24, 2.45) is 5.73 Å². The van der Waals surface area contributed by atoms with E-state index in [2.05, 4.69) is 28.3 Å². The van der Waals surface area contributed by atoms with Crippen LogP contribution in [-0.4, -0.2) is 11.5 Å². The third kappa shape index (κ3) is 2.81. The maximum Gasteiger partial charge on any atom is 0.169 e. The molecule has 1 unspecified atom stereocenters. The second-order valence-corrected chi connectivity index (χ2v) is 4.16. The van der Waals surface area contributed by atoms with Crippen LogP contribution in [0.2, 0.25) is 0 Å². The molecule has 2 aromatic heterocycles. The summed E-state index contributed by atoms with van der Waals surface area (Å²) in [5.41, 5.74) is 8.08. The van der Waals surface area contributed by atoms with Gasteiger partial charge < -0.3 is 5.73 Å². The zero-order chi connectivity index (χ0) is 12.8. The van der Waals surface area contributed by atoms with Crippen LogP contribution in [0.4, 0.5) is 0 Å². The number of aromatic nitrogens is 2. The molecule has 0 saturated carbocycles. The molecule has 2 N–H and O–H groups in total. The first-order chi connectivity index (χ1) is 8.85. The van der Waals surface area contributed by atoms with Gasteiger partial charge in [-0.15, -0.1) is 0 Å². The van der Waals surface area contributed by atoms with Crippen molar-refractivity contribution in [3.05, 3.63) is 72.8 Å². The molecule has 0 saturated heterocycles. The van der Waals surface area contributed by atoms with E-state index in [1.165, 1.54) is 5.56 Å². The Bertz CT molecular complexity index is 491. The van der Waals surface area contributed by atoms with E-state index in [4.69, 9.17) is 5.73 Å². The molecule has 2 heterocycles. The Kier molecular flexibility index (Phi) is 4.20. The first-order valence-corrected chi connectivity index (χ1v) is 6.06. The van der Waals surface area contributed by atoms with E-state index in [1.54, 1.807) is 6.20 Å².